The summed E-state index contributed by atoms with van der Waals surface area (Å²) < 4.78 is 24.1. The van der Waals surface area contributed by atoms with Crippen LogP contribution in [0.3, 0.4) is 0 Å². The molecule has 0 saturated carbocycles. The molecule has 7 nitrogen and oxygen atoms in total. The molecule has 2 rings (SSSR count). The third-order valence-electron chi connectivity index (χ3n) is 3.24. The van der Waals surface area contributed by atoms with Gasteiger partial charge in [-0.25, -0.2) is 8.42 Å². The second kappa shape index (κ2) is 8.47. The molecule has 0 bridgehead atoms. The summed E-state index contributed by atoms with van der Waals surface area (Å²) in [6, 6.07) is 13.9. The number of sulfone groups is 1. The molecule has 0 heterocycles. The van der Waals surface area contributed by atoms with Crippen molar-refractivity contribution in [2.75, 3.05) is 5.75 Å². The Kier molecular flexibility index (Phi) is 6.33. The fourth-order valence-electron chi connectivity index (χ4n) is 2.02. The first-order valence-corrected chi connectivity index (χ1v) is 9.53. The molecular weight excluding hydrogens is 378 g/mol. The molecule has 0 radical (unpaired) electrons. The normalized spacial score (nSPS) is 10.6. The first kappa shape index (κ1) is 19.4. The van der Waals surface area contributed by atoms with E-state index in [2.05, 4.69) is 10.9 Å². The largest absolute Gasteiger partial charge is 0.272 e. The molecule has 0 fully saturated rings. The van der Waals surface area contributed by atoms with Crippen molar-refractivity contribution < 1.29 is 18.0 Å². The fourth-order valence-corrected chi connectivity index (χ4v) is 3.42. The van der Waals surface area contributed by atoms with Crippen LogP contribution in [0.25, 0.3) is 0 Å². The molecule has 0 unspecified atom stereocenters. The third-order valence-corrected chi connectivity index (χ3v) is 4.97. The molecule has 2 N–H and O–H groups in total. The van der Waals surface area contributed by atoms with E-state index in [1.165, 1.54) is 48.5 Å². The van der Waals surface area contributed by atoms with Crippen LogP contribution in [-0.2, 0) is 20.4 Å². The monoisotopic (exact) mass is 391 g/mol. The number of carbonyl (C=O) groups is 2. The van der Waals surface area contributed by atoms with Crippen molar-refractivity contribution in [3.8, 4) is 6.07 Å². The topological polar surface area (TPSA) is 116 Å². The Morgan fingerprint density at radius 3 is 2.19 bits per heavy atom. The number of halogens is 1. The predicted molar refractivity (Wildman–Crippen MR) is 95.7 cm³/mol. The van der Waals surface area contributed by atoms with Crippen LogP contribution in [0.15, 0.2) is 48.5 Å². The van der Waals surface area contributed by atoms with Gasteiger partial charge in [-0.15, -0.1) is 0 Å². The van der Waals surface area contributed by atoms with Crippen LogP contribution < -0.4 is 10.9 Å². The number of nitriles is 1. The number of hydrogen-bond donors (Lipinski definition) is 2. The molecule has 0 saturated heterocycles. The van der Waals surface area contributed by atoms with Crippen molar-refractivity contribution in [3.63, 3.8) is 0 Å². The number of nitrogens with one attached hydrogen (secondary N) is 2. The van der Waals surface area contributed by atoms with Gasteiger partial charge >= 0.3 is 0 Å². The van der Waals surface area contributed by atoms with Crippen molar-refractivity contribution >= 4 is 33.3 Å². The predicted octanol–water partition coefficient (Wildman–Crippen LogP) is 1.59. The Bertz CT molecular complexity index is 949. The highest BCUT2D eigenvalue weighted by atomic mass is 35.5. The van der Waals surface area contributed by atoms with Crippen molar-refractivity contribution in [2.24, 2.45) is 0 Å². The zero-order valence-electron chi connectivity index (χ0n) is 13.4. The number of hydrazine groups is 1. The lowest BCUT2D eigenvalue weighted by molar-refractivity contribution is -0.119. The number of hydrogen-bond acceptors (Lipinski definition) is 5. The first-order valence-electron chi connectivity index (χ1n) is 7.33. The summed E-state index contributed by atoms with van der Waals surface area (Å²) in [5.74, 6) is -2.59. The summed E-state index contributed by atoms with van der Waals surface area (Å²) in [7, 11) is -3.74. The highest BCUT2D eigenvalue weighted by Gasteiger charge is 2.18. The van der Waals surface area contributed by atoms with Crippen LogP contribution in [0.4, 0.5) is 0 Å². The van der Waals surface area contributed by atoms with Gasteiger partial charge < -0.3 is 0 Å². The molecule has 0 spiro atoms. The van der Waals surface area contributed by atoms with Gasteiger partial charge in [-0.3, -0.25) is 20.4 Å². The smallest absolute Gasteiger partial charge is 0.269 e. The van der Waals surface area contributed by atoms with Gasteiger partial charge in [0.1, 0.15) is 5.75 Å². The van der Waals surface area contributed by atoms with Gasteiger partial charge in [-0.1, -0.05) is 23.7 Å². The zero-order valence-corrected chi connectivity index (χ0v) is 15.0. The molecule has 26 heavy (non-hydrogen) atoms. The van der Waals surface area contributed by atoms with E-state index >= 15 is 0 Å². The summed E-state index contributed by atoms with van der Waals surface area (Å²) >= 11 is 5.72. The summed E-state index contributed by atoms with van der Waals surface area (Å²) in [6.45, 7) is 0. The van der Waals surface area contributed by atoms with E-state index in [0.29, 0.717) is 16.1 Å². The number of rotatable bonds is 5. The van der Waals surface area contributed by atoms with Gasteiger partial charge in [0.25, 0.3) is 11.8 Å². The minimum Gasteiger partial charge on any atom is -0.272 e. The van der Waals surface area contributed by atoms with E-state index in [4.69, 9.17) is 16.9 Å². The molecule has 0 aliphatic rings. The Morgan fingerprint density at radius 1 is 1.00 bits per heavy atom. The molecule has 2 aromatic carbocycles. The van der Waals surface area contributed by atoms with E-state index in [1.54, 1.807) is 0 Å². The second-order valence-electron chi connectivity index (χ2n) is 5.35. The SMILES string of the molecule is N#Cc1ccc(CS(=O)(=O)CC(=O)NNC(=O)c2ccc(Cl)cc2)cc1. The standard InChI is InChI=1S/C17H14ClN3O4S/c18-15-7-5-14(6-8-15)17(23)21-20-16(22)11-26(24,25)10-13-3-1-12(9-19)2-4-13/h1-8H,10-11H2,(H,20,22)(H,21,23). The third kappa shape index (κ3) is 5.88. The first-order chi connectivity index (χ1) is 12.3. The Balaban J connectivity index is 1.88. The van der Waals surface area contributed by atoms with E-state index in [-0.39, 0.29) is 11.3 Å². The Hall–Kier alpha value is -2.89. The van der Waals surface area contributed by atoms with Crippen LogP contribution in [0.2, 0.25) is 5.02 Å². The lowest BCUT2D eigenvalue weighted by Gasteiger charge is -2.08. The lowest BCUT2D eigenvalue weighted by atomic mass is 10.2. The van der Waals surface area contributed by atoms with Gasteiger partial charge in [0.15, 0.2) is 9.84 Å². The number of benzene rings is 2. The molecule has 9 heteroatoms. The van der Waals surface area contributed by atoms with Crippen molar-refractivity contribution in [3.05, 3.63) is 70.2 Å². The van der Waals surface area contributed by atoms with Gasteiger partial charge in [-0.05, 0) is 42.0 Å². The summed E-state index contributed by atoms with van der Waals surface area (Å²) in [4.78, 5) is 23.6. The number of carbonyl (C=O) groups excluding carboxylic acids is 2. The van der Waals surface area contributed by atoms with Gasteiger partial charge in [-0.2, -0.15) is 5.26 Å². The van der Waals surface area contributed by atoms with Crippen molar-refractivity contribution in [1.29, 1.82) is 5.26 Å². The highest BCUT2D eigenvalue weighted by Crippen LogP contribution is 2.10. The maximum atomic E-state index is 12.1. The maximum Gasteiger partial charge on any atom is 0.269 e. The molecule has 0 aliphatic heterocycles. The molecule has 0 aliphatic carbocycles. The Morgan fingerprint density at radius 2 is 1.62 bits per heavy atom. The van der Waals surface area contributed by atoms with Crippen molar-refractivity contribution in [2.45, 2.75) is 5.75 Å². The quantitative estimate of drug-likeness (QED) is 0.751. The van der Waals surface area contributed by atoms with Crippen LogP contribution in [0.5, 0.6) is 0 Å². The van der Waals surface area contributed by atoms with E-state index in [0.717, 1.165) is 0 Å². The second-order valence-corrected chi connectivity index (χ2v) is 7.85. The van der Waals surface area contributed by atoms with Gasteiger partial charge in [0, 0.05) is 10.6 Å². The lowest BCUT2D eigenvalue weighted by Crippen LogP contribution is -2.44. The minimum absolute atomic E-state index is 0.259. The summed E-state index contributed by atoms with van der Waals surface area (Å²) in [6.07, 6.45) is 0. The molecular formula is C17H14ClN3O4S. The molecule has 0 atom stereocenters. The average molecular weight is 392 g/mol. The van der Waals surface area contributed by atoms with Gasteiger partial charge in [0.05, 0.1) is 17.4 Å². The zero-order chi connectivity index (χ0) is 19.2. The number of nitrogens with zero attached hydrogens (tertiary/aromatic N) is 1. The maximum absolute atomic E-state index is 12.1. The summed E-state index contributed by atoms with van der Waals surface area (Å²) in [5, 5.41) is 9.18. The highest BCUT2D eigenvalue weighted by molar-refractivity contribution is 7.91. The molecule has 2 amide bonds. The van der Waals surface area contributed by atoms with E-state index < -0.39 is 27.4 Å². The van der Waals surface area contributed by atoms with Crippen LogP contribution in [0.1, 0.15) is 21.5 Å². The molecule has 0 aromatic heterocycles. The van der Waals surface area contributed by atoms with Crippen LogP contribution >= 0.6 is 11.6 Å². The minimum atomic E-state index is -3.74. The molecule has 2 aromatic rings. The van der Waals surface area contributed by atoms with Crippen molar-refractivity contribution in [1.82, 2.24) is 10.9 Å². The average Bonchev–Trinajstić information content (AvgIpc) is 2.60. The fraction of sp³-hybridized carbons (Fsp3) is 0.118. The van der Waals surface area contributed by atoms with Crippen LogP contribution in [0, 0.1) is 11.3 Å². The van der Waals surface area contributed by atoms with Crippen LogP contribution in [-0.4, -0.2) is 26.0 Å². The number of amides is 2. The van der Waals surface area contributed by atoms with E-state index in [1.807, 2.05) is 6.07 Å². The van der Waals surface area contributed by atoms with Gasteiger partial charge in [0.2, 0.25) is 0 Å². The molecule has 134 valence electrons. The summed E-state index contributed by atoms with van der Waals surface area (Å²) in [5.41, 5.74) is 5.33. The Labute approximate surface area is 155 Å². The van der Waals surface area contributed by atoms with E-state index in [9.17, 15) is 18.0 Å².